The maximum absolute atomic E-state index is 11.9. The third kappa shape index (κ3) is 3.84. The summed E-state index contributed by atoms with van der Waals surface area (Å²) in [6.45, 7) is 4.53. The van der Waals surface area contributed by atoms with Crippen molar-refractivity contribution in [2.45, 2.75) is 26.4 Å². The summed E-state index contributed by atoms with van der Waals surface area (Å²) in [5.41, 5.74) is 2.56. The Morgan fingerprint density at radius 1 is 1.37 bits per heavy atom. The van der Waals surface area contributed by atoms with Gasteiger partial charge < -0.3 is 10.6 Å². The van der Waals surface area contributed by atoms with Crippen LogP contribution >= 0.6 is 0 Å². The Bertz CT molecular complexity index is 534. The average Bonchev–Trinajstić information content (AvgIpc) is 2.89. The molecule has 0 aliphatic carbocycles. The summed E-state index contributed by atoms with van der Waals surface area (Å²) in [4.78, 5) is 11.9. The van der Waals surface area contributed by atoms with E-state index in [1.54, 1.807) is 12.3 Å². The zero-order valence-corrected chi connectivity index (χ0v) is 11.1. The van der Waals surface area contributed by atoms with E-state index < -0.39 is 0 Å². The van der Waals surface area contributed by atoms with Crippen LogP contribution in [-0.2, 0) is 6.54 Å². The molecule has 0 bridgehead atoms. The molecule has 0 spiro atoms. The summed E-state index contributed by atoms with van der Waals surface area (Å²) in [5, 5.41) is 12.9. The molecule has 0 saturated carbocycles. The van der Waals surface area contributed by atoms with Gasteiger partial charge in [-0.15, -0.1) is 0 Å². The molecule has 1 aromatic carbocycles. The van der Waals surface area contributed by atoms with Crippen molar-refractivity contribution >= 4 is 11.6 Å². The van der Waals surface area contributed by atoms with Crippen molar-refractivity contribution in [3.05, 3.63) is 47.8 Å². The molecule has 0 aliphatic rings. The van der Waals surface area contributed by atoms with Crippen LogP contribution in [-0.4, -0.2) is 22.1 Å². The van der Waals surface area contributed by atoms with E-state index in [9.17, 15) is 4.79 Å². The molecule has 3 N–H and O–H groups in total. The monoisotopic (exact) mass is 258 g/mol. The first-order valence-corrected chi connectivity index (χ1v) is 6.28. The highest BCUT2D eigenvalue weighted by molar-refractivity contribution is 5.95. The highest BCUT2D eigenvalue weighted by Gasteiger charge is 2.07. The summed E-state index contributed by atoms with van der Waals surface area (Å²) in [5.74, 6) is -0.0554. The number of aromatic amines is 1. The van der Waals surface area contributed by atoms with Crippen LogP contribution < -0.4 is 10.6 Å². The van der Waals surface area contributed by atoms with Gasteiger partial charge in [-0.2, -0.15) is 5.10 Å². The molecule has 0 saturated heterocycles. The molecule has 0 fully saturated rings. The number of carbonyl (C=O) groups is 1. The number of nitrogens with zero attached hydrogens (tertiary/aromatic N) is 1. The van der Waals surface area contributed by atoms with E-state index in [1.807, 2.05) is 38.1 Å². The van der Waals surface area contributed by atoms with Gasteiger partial charge in [-0.1, -0.05) is 6.07 Å². The van der Waals surface area contributed by atoms with Crippen molar-refractivity contribution in [2.75, 3.05) is 5.32 Å². The molecule has 0 atom stereocenters. The number of amides is 1. The van der Waals surface area contributed by atoms with Crippen LogP contribution in [0.15, 0.2) is 36.5 Å². The number of hydrogen-bond acceptors (Lipinski definition) is 3. The van der Waals surface area contributed by atoms with Gasteiger partial charge in [-0.25, -0.2) is 0 Å². The molecule has 0 radical (unpaired) electrons. The highest BCUT2D eigenvalue weighted by atomic mass is 16.1. The Hall–Kier alpha value is -2.30. The molecule has 1 aromatic heterocycles. The van der Waals surface area contributed by atoms with Gasteiger partial charge in [0.2, 0.25) is 0 Å². The lowest BCUT2D eigenvalue weighted by atomic mass is 10.1. The van der Waals surface area contributed by atoms with E-state index in [1.165, 1.54) is 0 Å². The van der Waals surface area contributed by atoms with Crippen molar-refractivity contribution in [1.29, 1.82) is 0 Å². The maximum Gasteiger partial charge on any atom is 0.251 e. The van der Waals surface area contributed by atoms with E-state index >= 15 is 0 Å². The predicted molar refractivity (Wildman–Crippen MR) is 75.0 cm³/mol. The largest absolute Gasteiger partial charge is 0.379 e. The molecule has 0 aliphatic heterocycles. The molecule has 5 heteroatoms. The fraction of sp³-hybridized carbons (Fsp3) is 0.286. The molecule has 2 rings (SSSR count). The Balaban J connectivity index is 2.00. The van der Waals surface area contributed by atoms with E-state index in [0.717, 1.165) is 11.4 Å². The fourth-order valence-electron chi connectivity index (χ4n) is 1.70. The SMILES string of the molecule is CC(C)NC(=O)c1cccc(NCc2ccn[nH]2)c1. The standard InChI is InChI=1S/C14H18N4O/c1-10(2)17-14(19)11-4-3-5-12(8-11)15-9-13-6-7-16-18-13/h3-8,10,15H,9H2,1-2H3,(H,16,18)(H,17,19). The van der Waals surface area contributed by atoms with E-state index in [4.69, 9.17) is 0 Å². The molecular formula is C14H18N4O. The minimum absolute atomic E-state index is 0.0554. The van der Waals surface area contributed by atoms with Crippen molar-refractivity contribution < 1.29 is 4.79 Å². The number of benzene rings is 1. The van der Waals surface area contributed by atoms with Crippen molar-refractivity contribution in [1.82, 2.24) is 15.5 Å². The molecule has 19 heavy (non-hydrogen) atoms. The molecule has 1 amide bonds. The van der Waals surface area contributed by atoms with E-state index in [0.29, 0.717) is 12.1 Å². The Labute approximate surface area is 112 Å². The first-order valence-electron chi connectivity index (χ1n) is 6.28. The average molecular weight is 258 g/mol. The Morgan fingerprint density at radius 3 is 2.89 bits per heavy atom. The summed E-state index contributed by atoms with van der Waals surface area (Å²) in [6, 6.07) is 9.48. The van der Waals surface area contributed by atoms with Gasteiger partial charge in [0.1, 0.15) is 0 Å². The molecule has 100 valence electrons. The summed E-state index contributed by atoms with van der Waals surface area (Å²) >= 11 is 0. The number of H-pyrrole nitrogens is 1. The van der Waals surface area contributed by atoms with Gasteiger partial charge in [0.15, 0.2) is 0 Å². The minimum Gasteiger partial charge on any atom is -0.379 e. The highest BCUT2D eigenvalue weighted by Crippen LogP contribution is 2.11. The fourth-order valence-corrected chi connectivity index (χ4v) is 1.70. The van der Waals surface area contributed by atoms with Gasteiger partial charge in [-0.05, 0) is 38.1 Å². The number of hydrogen-bond donors (Lipinski definition) is 3. The van der Waals surface area contributed by atoms with Crippen LogP contribution in [0.2, 0.25) is 0 Å². The van der Waals surface area contributed by atoms with Gasteiger partial charge in [-0.3, -0.25) is 9.89 Å². The van der Waals surface area contributed by atoms with Crippen LogP contribution in [0.4, 0.5) is 5.69 Å². The number of anilines is 1. The molecule has 0 unspecified atom stereocenters. The van der Waals surface area contributed by atoms with Crippen LogP contribution in [0, 0.1) is 0 Å². The van der Waals surface area contributed by atoms with Crippen LogP contribution in [0.25, 0.3) is 0 Å². The maximum atomic E-state index is 11.9. The second kappa shape index (κ2) is 6.04. The van der Waals surface area contributed by atoms with Crippen molar-refractivity contribution in [2.24, 2.45) is 0 Å². The lowest BCUT2D eigenvalue weighted by Crippen LogP contribution is -2.30. The number of nitrogens with one attached hydrogen (secondary N) is 3. The lowest BCUT2D eigenvalue weighted by molar-refractivity contribution is 0.0943. The smallest absolute Gasteiger partial charge is 0.251 e. The normalized spacial score (nSPS) is 10.5. The van der Waals surface area contributed by atoms with Crippen LogP contribution in [0.1, 0.15) is 29.9 Å². The summed E-state index contributed by atoms with van der Waals surface area (Å²) in [6.07, 6.45) is 1.71. The van der Waals surface area contributed by atoms with Crippen molar-refractivity contribution in [3.8, 4) is 0 Å². The van der Waals surface area contributed by atoms with Gasteiger partial charge in [0.25, 0.3) is 5.91 Å². The predicted octanol–water partition coefficient (Wildman–Crippen LogP) is 2.16. The Kier molecular flexibility index (Phi) is 4.18. The number of aromatic nitrogens is 2. The van der Waals surface area contributed by atoms with Crippen molar-refractivity contribution in [3.63, 3.8) is 0 Å². The van der Waals surface area contributed by atoms with E-state index in [2.05, 4.69) is 20.8 Å². The molecule has 2 aromatic rings. The minimum atomic E-state index is -0.0554. The zero-order chi connectivity index (χ0) is 13.7. The Morgan fingerprint density at radius 2 is 2.21 bits per heavy atom. The third-order valence-corrected chi connectivity index (χ3v) is 2.59. The van der Waals surface area contributed by atoms with Crippen LogP contribution in [0.3, 0.4) is 0 Å². The lowest BCUT2D eigenvalue weighted by Gasteiger charge is -2.10. The number of carbonyl (C=O) groups excluding carboxylic acids is 1. The molecule has 5 nitrogen and oxygen atoms in total. The first kappa shape index (κ1) is 13.1. The second-order valence-corrected chi connectivity index (χ2v) is 4.64. The topological polar surface area (TPSA) is 69.8 Å². The summed E-state index contributed by atoms with van der Waals surface area (Å²) in [7, 11) is 0. The zero-order valence-electron chi connectivity index (χ0n) is 11.1. The van der Waals surface area contributed by atoms with Gasteiger partial charge >= 0.3 is 0 Å². The number of rotatable bonds is 5. The molecular weight excluding hydrogens is 240 g/mol. The summed E-state index contributed by atoms with van der Waals surface area (Å²) < 4.78 is 0. The van der Waals surface area contributed by atoms with Gasteiger partial charge in [0.05, 0.1) is 12.2 Å². The van der Waals surface area contributed by atoms with Crippen LogP contribution in [0.5, 0.6) is 0 Å². The third-order valence-electron chi connectivity index (χ3n) is 2.59. The first-order chi connectivity index (χ1) is 9.15. The quantitative estimate of drug-likeness (QED) is 0.769. The molecule has 1 heterocycles. The van der Waals surface area contributed by atoms with Gasteiger partial charge in [0, 0.05) is 23.5 Å². The second-order valence-electron chi connectivity index (χ2n) is 4.64. The van der Waals surface area contributed by atoms with E-state index in [-0.39, 0.29) is 11.9 Å².